The number of nitrogens with zero attached hydrogens (tertiary/aromatic N) is 1. The SMILES string of the molecule is CCC(CC)N(CCCCC(C)(C)CN)CCOC. The molecule has 0 aliphatic heterocycles. The van der Waals surface area contributed by atoms with Crippen molar-refractivity contribution in [1.29, 1.82) is 0 Å². The van der Waals surface area contributed by atoms with Crippen LogP contribution in [0.25, 0.3) is 0 Å². The summed E-state index contributed by atoms with van der Waals surface area (Å²) in [6, 6.07) is 0.706. The molecule has 0 saturated heterocycles. The molecule has 0 rings (SSSR count). The minimum absolute atomic E-state index is 0.298. The first-order valence-corrected chi connectivity index (χ1v) is 7.93. The molecule has 0 saturated carbocycles. The van der Waals surface area contributed by atoms with E-state index in [0.717, 1.165) is 19.7 Å². The summed E-state index contributed by atoms with van der Waals surface area (Å²) in [5.74, 6) is 0. The van der Waals surface area contributed by atoms with Gasteiger partial charge < -0.3 is 10.5 Å². The summed E-state index contributed by atoms with van der Waals surface area (Å²) in [5, 5.41) is 0. The van der Waals surface area contributed by atoms with Crippen LogP contribution in [0.1, 0.15) is 59.8 Å². The van der Waals surface area contributed by atoms with Crippen molar-refractivity contribution < 1.29 is 4.74 Å². The Morgan fingerprint density at radius 3 is 2.21 bits per heavy atom. The number of methoxy groups -OCH3 is 1. The molecule has 19 heavy (non-hydrogen) atoms. The van der Waals surface area contributed by atoms with Crippen LogP contribution in [0, 0.1) is 5.41 Å². The van der Waals surface area contributed by atoms with Gasteiger partial charge in [-0.3, -0.25) is 4.90 Å². The minimum atomic E-state index is 0.298. The summed E-state index contributed by atoms with van der Waals surface area (Å²) < 4.78 is 5.23. The van der Waals surface area contributed by atoms with Crippen molar-refractivity contribution in [2.24, 2.45) is 11.1 Å². The van der Waals surface area contributed by atoms with Crippen LogP contribution in [-0.2, 0) is 4.74 Å². The second-order valence-corrected chi connectivity index (χ2v) is 6.32. The quantitative estimate of drug-likeness (QED) is 0.554. The molecule has 2 N–H and O–H groups in total. The number of hydrogen-bond acceptors (Lipinski definition) is 3. The van der Waals surface area contributed by atoms with Crippen LogP contribution in [0.4, 0.5) is 0 Å². The first kappa shape index (κ1) is 18.9. The third kappa shape index (κ3) is 8.61. The molecule has 0 unspecified atom stereocenters. The Labute approximate surface area is 120 Å². The second kappa shape index (κ2) is 10.6. The molecule has 0 aliphatic rings. The fourth-order valence-corrected chi connectivity index (χ4v) is 2.51. The van der Waals surface area contributed by atoms with Gasteiger partial charge in [0.2, 0.25) is 0 Å². The molecule has 0 amide bonds. The highest BCUT2D eigenvalue weighted by Crippen LogP contribution is 2.21. The number of unbranched alkanes of at least 4 members (excludes halogenated alkanes) is 1. The second-order valence-electron chi connectivity index (χ2n) is 6.32. The van der Waals surface area contributed by atoms with Crippen LogP contribution in [-0.4, -0.2) is 44.3 Å². The molecule has 0 aromatic rings. The van der Waals surface area contributed by atoms with Crippen LogP contribution in [0.3, 0.4) is 0 Å². The lowest BCUT2D eigenvalue weighted by Gasteiger charge is -2.30. The molecule has 3 nitrogen and oxygen atoms in total. The maximum Gasteiger partial charge on any atom is 0.0589 e. The molecule has 3 heteroatoms. The van der Waals surface area contributed by atoms with Gasteiger partial charge in [-0.2, -0.15) is 0 Å². The largest absolute Gasteiger partial charge is 0.383 e. The molecule has 0 aromatic carbocycles. The fourth-order valence-electron chi connectivity index (χ4n) is 2.51. The van der Waals surface area contributed by atoms with Gasteiger partial charge in [-0.1, -0.05) is 34.1 Å². The lowest BCUT2D eigenvalue weighted by Crippen LogP contribution is -2.37. The summed E-state index contributed by atoms with van der Waals surface area (Å²) in [4.78, 5) is 2.60. The Balaban J connectivity index is 4.04. The molecule has 0 spiro atoms. The van der Waals surface area contributed by atoms with Gasteiger partial charge in [0, 0.05) is 19.7 Å². The standard InChI is InChI=1S/C16H36N2O/c1-6-15(7-2)18(12-13-19-5)11-9-8-10-16(3,4)14-17/h15H,6-14,17H2,1-5H3. The zero-order valence-electron chi connectivity index (χ0n) is 13.9. The molecular weight excluding hydrogens is 236 g/mol. The maximum atomic E-state index is 5.78. The molecule has 116 valence electrons. The molecule has 0 atom stereocenters. The highest BCUT2D eigenvalue weighted by Gasteiger charge is 2.17. The van der Waals surface area contributed by atoms with Crippen molar-refractivity contribution >= 4 is 0 Å². The van der Waals surface area contributed by atoms with Crippen LogP contribution in [0.5, 0.6) is 0 Å². The molecule has 0 aliphatic carbocycles. The van der Waals surface area contributed by atoms with Gasteiger partial charge in [0.1, 0.15) is 0 Å². The lowest BCUT2D eigenvalue weighted by molar-refractivity contribution is 0.113. The van der Waals surface area contributed by atoms with Crippen LogP contribution < -0.4 is 5.73 Å². The summed E-state index contributed by atoms with van der Waals surface area (Å²) >= 11 is 0. The molecule has 0 heterocycles. The van der Waals surface area contributed by atoms with E-state index in [1.54, 1.807) is 7.11 Å². The maximum absolute atomic E-state index is 5.78. The van der Waals surface area contributed by atoms with Crippen molar-refractivity contribution in [3.05, 3.63) is 0 Å². The molecular formula is C16H36N2O. The Morgan fingerprint density at radius 1 is 1.11 bits per heavy atom. The highest BCUT2D eigenvalue weighted by atomic mass is 16.5. The monoisotopic (exact) mass is 272 g/mol. The first-order valence-electron chi connectivity index (χ1n) is 7.93. The van der Waals surface area contributed by atoms with Gasteiger partial charge in [-0.05, 0) is 44.2 Å². The Morgan fingerprint density at radius 2 is 1.74 bits per heavy atom. The van der Waals surface area contributed by atoms with Gasteiger partial charge in [0.15, 0.2) is 0 Å². The van der Waals surface area contributed by atoms with Gasteiger partial charge in [-0.25, -0.2) is 0 Å². The van der Waals surface area contributed by atoms with Crippen molar-refractivity contribution in [3.8, 4) is 0 Å². The first-order chi connectivity index (χ1) is 9.00. The Bertz CT molecular complexity index is 203. The van der Waals surface area contributed by atoms with Gasteiger partial charge in [0.05, 0.1) is 6.61 Å². The Kier molecular flexibility index (Phi) is 10.6. The van der Waals surface area contributed by atoms with Gasteiger partial charge >= 0.3 is 0 Å². The summed E-state index contributed by atoms with van der Waals surface area (Å²) in [6.07, 6.45) is 6.23. The van der Waals surface area contributed by atoms with Crippen molar-refractivity contribution in [2.45, 2.75) is 65.8 Å². The van der Waals surface area contributed by atoms with Gasteiger partial charge in [-0.15, -0.1) is 0 Å². The van der Waals surface area contributed by atoms with E-state index in [4.69, 9.17) is 10.5 Å². The van der Waals surface area contributed by atoms with E-state index in [1.165, 1.54) is 38.6 Å². The fraction of sp³-hybridized carbons (Fsp3) is 1.00. The average Bonchev–Trinajstić information content (AvgIpc) is 2.41. The molecule has 0 aromatic heterocycles. The van der Waals surface area contributed by atoms with E-state index in [-0.39, 0.29) is 0 Å². The van der Waals surface area contributed by atoms with E-state index in [0.29, 0.717) is 11.5 Å². The molecule has 0 fully saturated rings. The van der Waals surface area contributed by atoms with E-state index >= 15 is 0 Å². The van der Waals surface area contributed by atoms with E-state index in [2.05, 4.69) is 32.6 Å². The zero-order valence-corrected chi connectivity index (χ0v) is 13.9. The number of ether oxygens (including phenoxy) is 1. The summed E-state index contributed by atoms with van der Waals surface area (Å²) in [7, 11) is 1.79. The lowest BCUT2D eigenvalue weighted by atomic mass is 9.87. The normalized spacial score (nSPS) is 12.6. The van der Waals surface area contributed by atoms with E-state index in [9.17, 15) is 0 Å². The van der Waals surface area contributed by atoms with Crippen LogP contribution >= 0.6 is 0 Å². The topological polar surface area (TPSA) is 38.5 Å². The minimum Gasteiger partial charge on any atom is -0.383 e. The van der Waals surface area contributed by atoms with E-state index < -0.39 is 0 Å². The Hall–Kier alpha value is -0.120. The van der Waals surface area contributed by atoms with Crippen LogP contribution in [0.2, 0.25) is 0 Å². The van der Waals surface area contributed by atoms with Crippen molar-refractivity contribution in [1.82, 2.24) is 4.90 Å². The summed E-state index contributed by atoms with van der Waals surface area (Å²) in [6.45, 7) is 13.0. The third-order valence-corrected chi connectivity index (χ3v) is 4.14. The third-order valence-electron chi connectivity index (χ3n) is 4.14. The van der Waals surface area contributed by atoms with Crippen molar-refractivity contribution in [2.75, 3.05) is 33.4 Å². The highest BCUT2D eigenvalue weighted by molar-refractivity contribution is 4.72. The smallest absolute Gasteiger partial charge is 0.0589 e. The number of hydrogen-bond donors (Lipinski definition) is 1. The van der Waals surface area contributed by atoms with Crippen LogP contribution in [0.15, 0.2) is 0 Å². The van der Waals surface area contributed by atoms with Crippen molar-refractivity contribution in [3.63, 3.8) is 0 Å². The average molecular weight is 272 g/mol. The molecule has 0 radical (unpaired) electrons. The summed E-state index contributed by atoms with van der Waals surface area (Å²) in [5.41, 5.74) is 6.08. The predicted molar refractivity (Wildman–Crippen MR) is 84.5 cm³/mol. The van der Waals surface area contributed by atoms with E-state index in [1.807, 2.05) is 0 Å². The van der Waals surface area contributed by atoms with Gasteiger partial charge in [0.25, 0.3) is 0 Å². The number of nitrogens with two attached hydrogens (primary N) is 1. The zero-order chi connectivity index (χ0) is 14.7. The number of rotatable bonds is 12. The predicted octanol–water partition coefficient (Wildman–Crippen LogP) is 3.28. The molecule has 0 bridgehead atoms.